The summed E-state index contributed by atoms with van der Waals surface area (Å²) in [5.41, 5.74) is 5.74. The van der Waals surface area contributed by atoms with Crippen LogP contribution in [0.1, 0.15) is 39.5 Å². The van der Waals surface area contributed by atoms with Crippen molar-refractivity contribution >= 4 is 38.3 Å². The molecule has 0 spiro atoms. The van der Waals surface area contributed by atoms with E-state index in [0.29, 0.717) is 6.61 Å². The van der Waals surface area contributed by atoms with Crippen molar-refractivity contribution in [3.8, 4) is 5.75 Å². The number of hydrogen-bond acceptors (Lipinski definition) is 2. The van der Waals surface area contributed by atoms with Crippen molar-refractivity contribution < 1.29 is 9.53 Å². The fraction of sp³-hybridized carbons (Fsp3) is 0.316. The maximum atomic E-state index is 12.7. The van der Waals surface area contributed by atoms with Gasteiger partial charge in [-0.05, 0) is 82.9 Å². The zero-order chi connectivity index (χ0) is 16.3. The monoisotopic (exact) mass is 321 g/mol. The van der Waals surface area contributed by atoms with E-state index in [1.165, 1.54) is 11.1 Å². The first-order chi connectivity index (χ1) is 10.4. The summed E-state index contributed by atoms with van der Waals surface area (Å²) >= 11 is 0. The van der Waals surface area contributed by atoms with Gasteiger partial charge in [0.25, 0.3) is 0 Å². The van der Waals surface area contributed by atoms with E-state index < -0.39 is 0 Å². The van der Waals surface area contributed by atoms with E-state index in [1.54, 1.807) is 0 Å². The van der Waals surface area contributed by atoms with Gasteiger partial charge in [-0.2, -0.15) is 0 Å². The van der Waals surface area contributed by atoms with Gasteiger partial charge in [0, 0.05) is 24.4 Å². The minimum absolute atomic E-state index is 0. The largest absolute Gasteiger partial charge is 0.494 e. The zero-order valence-electron chi connectivity index (χ0n) is 14.9. The van der Waals surface area contributed by atoms with Crippen molar-refractivity contribution in [3.05, 3.63) is 58.1 Å². The Morgan fingerprint density at radius 3 is 2.17 bits per heavy atom. The molecule has 0 aliphatic rings. The molecule has 0 N–H and O–H groups in total. The Balaban J connectivity index is 0.00000264. The second kappa shape index (κ2) is 8.70. The number of carbonyl (C=O) groups excluding carboxylic acids is 1. The van der Waals surface area contributed by atoms with E-state index in [9.17, 15) is 4.79 Å². The topological polar surface area (TPSA) is 26.3 Å². The maximum Gasteiger partial charge on any atom is 0.186 e. The molecular formula is C19H23LiO2P. The average molecular weight is 321 g/mol. The Morgan fingerprint density at radius 1 is 1.00 bits per heavy atom. The Morgan fingerprint density at radius 2 is 1.61 bits per heavy atom. The van der Waals surface area contributed by atoms with Crippen molar-refractivity contribution in [3.63, 3.8) is 0 Å². The van der Waals surface area contributed by atoms with Gasteiger partial charge >= 0.3 is 0 Å². The van der Waals surface area contributed by atoms with E-state index in [4.69, 9.17) is 4.74 Å². The quantitative estimate of drug-likeness (QED) is 0.613. The average Bonchev–Trinajstić information content (AvgIpc) is 2.47. The van der Waals surface area contributed by atoms with E-state index in [2.05, 4.69) is 19.9 Å². The molecule has 0 aliphatic carbocycles. The number of benzene rings is 2. The van der Waals surface area contributed by atoms with Crippen LogP contribution in [0.25, 0.3) is 0 Å². The van der Waals surface area contributed by atoms with Crippen LogP contribution in [0.5, 0.6) is 5.75 Å². The standard InChI is InChI=1S/C19H23O2P.Li/c1-6-21-16-7-9-17(10-8-16)22-19(20)18-13(3)11-12(2)14(4)15(18)5;/h7-11,22H,6H2,1-5H3;. The van der Waals surface area contributed by atoms with Crippen LogP contribution in [0.4, 0.5) is 0 Å². The van der Waals surface area contributed by atoms with Crippen LogP contribution in [-0.4, -0.2) is 31.0 Å². The van der Waals surface area contributed by atoms with Crippen LogP contribution >= 0.6 is 8.58 Å². The number of rotatable bonds is 5. The molecule has 0 saturated heterocycles. The zero-order valence-corrected chi connectivity index (χ0v) is 15.9. The first kappa shape index (κ1) is 20.0. The van der Waals surface area contributed by atoms with Gasteiger partial charge < -0.3 is 4.74 Å². The van der Waals surface area contributed by atoms with Crippen LogP contribution in [0.15, 0.2) is 30.3 Å². The molecule has 2 rings (SSSR count). The van der Waals surface area contributed by atoms with E-state index in [-0.39, 0.29) is 33.0 Å². The molecular weight excluding hydrogens is 298 g/mol. The second-order valence-corrected chi connectivity index (χ2v) is 6.83. The van der Waals surface area contributed by atoms with Gasteiger partial charge in [-0.3, -0.25) is 4.79 Å². The van der Waals surface area contributed by atoms with Gasteiger partial charge in [-0.25, -0.2) is 0 Å². The molecule has 0 amide bonds. The molecule has 2 aromatic rings. The second-order valence-electron chi connectivity index (χ2n) is 5.55. The minimum atomic E-state index is 0. The van der Waals surface area contributed by atoms with Crippen LogP contribution in [0.2, 0.25) is 0 Å². The normalized spacial score (nSPS) is 10.7. The van der Waals surface area contributed by atoms with Crippen LogP contribution < -0.4 is 10.0 Å². The predicted molar refractivity (Wildman–Crippen MR) is 101 cm³/mol. The fourth-order valence-electron chi connectivity index (χ4n) is 2.63. The first-order valence-corrected chi connectivity index (χ1v) is 8.55. The number of hydrogen-bond donors (Lipinski definition) is 0. The van der Waals surface area contributed by atoms with Gasteiger partial charge in [0.2, 0.25) is 0 Å². The number of aryl methyl sites for hydroxylation is 2. The molecule has 2 aromatic carbocycles. The first-order valence-electron chi connectivity index (χ1n) is 7.55. The summed E-state index contributed by atoms with van der Waals surface area (Å²) in [7, 11) is 0.146. The molecule has 1 radical (unpaired) electrons. The van der Waals surface area contributed by atoms with Gasteiger partial charge in [0.15, 0.2) is 5.52 Å². The molecule has 2 nitrogen and oxygen atoms in total. The van der Waals surface area contributed by atoms with Crippen LogP contribution in [-0.2, 0) is 0 Å². The summed E-state index contributed by atoms with van der Waals surface area (Å²) in [6.07, 6.45) is 0. The Kier molecular flexibility index (Phi) is 7.55. The van der Waals surface area contributed by atoms with Crippen LogP contribution in [0.3, 0.4) is 0 Å². The summed E-state index contributed by atoms with van der Waals surface area (Å²) in [6, 6.07) is 9.93. The van der Waals surface area contributed by atoms with Crippen molar-refractivity contribution in [1.29, 1.82) is 0 Å². The summed E-state index contributed by atoms with van der Waals surface area (Å²) in [4.78, 5) is 12.7. The molecule has 117 valence electrons. The molecule has 0 fully saturated rings. The van der Waals surface area contributed by atoms with Gasteiger partial charge in [-0.15, -0.1) is 0 Å². The molecule has 0 bridgehead atoms. The van der Waals surface area contributed by atoms with Crippen molar-refractivity contribution in [2.75, 3.05) is 6.61 Å². The number of ether oxygens (including phenoxy) is 1. The third-order valence-electron chi connectivity index (χ3n) is 4.01. The Hall–Kier alpha value is -1.06. The molecule has 1 atom stereocenters. The van der Waals surface area contributed by atoms with E-state index >= 15 is 0 Å². The molecule has 4 heteroatoms. The van der Waals surface area contributed by atoms with Gasteiger partial charge in [0.1, 0.15) is 5.75 Å². The molecule has 0 saturated carbocycles. The van der Waals surface area contributed by atoms with Crippen molar-refractivity contribution in [1.82, 2.24) is 0 Å². The van der Waals surface area contributed by atoms with Crippen molar-refractivity contribution in [2.45, 2.75) is 34.6 Å². The SMILES string of the molecule is CCOc1ccc(PC(=O)c2c(C)cc(C)c(C)c2C)cc1.[Li]. The third kappa shape index (κ3) is 4.71. The minimum Gasteiger partial charge on any atom is -0.494 e. The predicted octanol–water partition coefficient (Wildman–Crippen LogP) is 4.08. The van der Waals surface area contributed by atoms with E-state index in [0.717, 1.165) is 27.7 Å². The molecule has 0 aliphatic heterocycles. The third-order valence-corrected chi connectivity index (χ3v) is 5.11. The molecule has 1 unspecified atom stereocenters. The summed E-state index contributed by atoms with van der Waals surface area (Å²) in [6.45, 7) is 10.9. The molecule has 23 heavy (non-hydrogen) atoms. The summed E-state index contributed by atoms with van der Waals surface area (Å²) < 4.78 is 5.44. The van der Waals surface area contributed by atoms with Gasteiger partial charge in [-0.1, -0.05) is 18.2 Å². The smallest absolute Gasteiger partial charge is 0.186 e. The summed E-state index contributed by atoms with van der Waals surface area (Å²) in [5.74, 6) is 0.849. The maximum absolute atomic E-state index is 12.7. The molecule has 0 aromatic heterocycles. The van der Waals surface area contributed by atoms with Crippen LogP contribution in [0, 0.1) is 27.7 Å². The number of carbonyl (C=O) groups is 1. The molecule has 0 heterocycles. The fourth-order valence-corrected chi connectivity index (χ4v) is 3.73. The van der Waals surface area contributed by atoms with E-state index in [1.807, 2.05) is 45.0 Å². The Labute approximate surface area is 153 Å². The van der Waals surface area contributed by atoms with Crippen molar-refractivity contribution in [2.24, 2.45) is 0 Å². The summed E-state index contributed by atoms with van der Waals surface area (Å²) in [5, 5.41) is 1.05. The Bertz CT molecular complexity index is 694. The van der Waals surface area contributed by atoms with Gasteiger partial charge in [0.05, 0.1) is 6.61 Å².